The number of para-hydroxylation sites is 2. The van der Waals surface area contributed by atoms with Crippen LogP contribution in [0.5, 0.6) is 0 Å². The average molecular weight is 669 g/mol. The molecule has 1 aliphatic heterocycles. The molecule has 1 aliphatic rings. The number of thioether (sulfide) groups is 1. The Labute approximate surface area is 284 Å². The smallest absolute Gasteiger partial charge is 0.243 e. The monoisotopic (exact) mass is 668 g/mol. The van der Waals surface area contributed by atoms with Crippen molar-refractivity contribution in [2.24, 2.45) is 13.0 Å². The van der Waals surface area contributed by atoms with Gasteiger partial charge in [-0.1, -0.05) is 50.2 Å². The summed E-state index contributed by atoms with van der Waals surface area (Å²) in [6.45, 7) is 7.30. The second kappa shape index (κ2) is 14.7. The molecular formula is C36H44N8O3S. The third-order valence-corrected chi connectivity index (χ3v) is 9.90. The Hall–Kier alpha value is -4.58. The molecule has 2 atom stereocenters. The molecule has 0 saturated heterocycles. The van der Waals surface area contributed by atoms with Crippen LogP contribution in [0, 0.1) is 12.8 Å². The van der Waals surface area contributed by atoms with Crippen molar-refractivity contribution in [1.29, 1.82) is 0 Å². The second-order valence-electron chi connectivity index (χ2n) is 13.0. The first-order chi connectivity index (χ1) is 23.2. The largest absolute Gasteiger partial charge is 0.361 e. The van der Waals surface area contributed by atoms with E-state index >= 15 is 0 Å². The topological polar surface area (TPSA) is 130 Å². The summed E-state index contributed by atoms with van der Waals surface area (Å²) >= 11 is 1.53. The first-order valence-corrected chi connectivity index (χ1v) is 17.7. The van der Waals surface area contributed by atoms with Crippen LogP contribution >= 0.6 is 11.8 Å². The second-order valence-corrected chi connectivity index (χ2v) is 14.0. The van der Waals surface area contributed by atoms with Crippen molar-refractivity contribution in [3.63, 3.8) is 0 Å². The zero-order valence-electron chi connectivity index (χ0n) is 28.0. The Morgan fingerprint density at radius 3 is 2.58 bits per heavy atom. The van der Waals surface area contributed by atoms with Crippen LogP contribution in [0.15, 0.2) is 65.8 Å². The molecule has 252 valence electrons. The molecule has 0 unspecified atom stereocenters. The van der Waals surface area contributed by atoms with E-state index in [9.17, 15) is 14.4 Å². The number of carbonyl (C=O) groups is 3. The van der Waals surface area contributed by atoms with Crippen molar-refractivity contribution < 1.29 is 14.4 Å². The molecule has 3 N–H and O–H groups in total. The zero-order valence-corrected chi connectivity index (χ0v) is 28.8. The van der Waals surface area contributed by atoms with Crippen LogP contribution < -0.4 is 10.6 Å². The van der Waals surface area contributed by atoms with Gasteiger partial charge in [0.2, 0.25) is 17.7 Å². The molecule has 5 aromatic rings. The number of aromatic amines is 1. The molecule has 0 radical (unpaired) electrons. The number of hydrogen-bond donors (Lipinski definition) is 3. The van der Waals surface area contributed by atoms with Crippen LogP contribution in [0.4, 0.5) is 0 Å². The van der Waals surface area contributed by atoms with Crippen molar-refractivity contribution in [2.45, 2.75) is 70.0 Å². The van der Waals surface area contributed by atoms with Crippen molar-refractivity contribution in [3.8, 4) is 0 Å². The number of nitrogens with zero attached hydrogens (tertiary/aromatic N) is 5. The quantitative estimate of drug-likeness (QED) is 0.212. The van der Waals surface area contributed by atoms with Gasteiger partial charge in [-0.3, -0.25) is 14.4 Å². The van der Waals surface area contributed by atoms with Crippen LogP contribution in [0.2, 0.25) is 0 Å². The summed E-state index contributed by atoms with van der Waals surface area (Å²) in [4.78, 5) is 52.0. The van der Waals surface area contributed by atoms with Crippen LogP contribution in [0.3, 0.4) is 0 Å². The van der Waals surface area contributed by atoms with Crippen molar-refractivity contribution in [2.75, 3.05) is 18.8 Å². The number of benzene rings is 2. The van der Waals surface area contributed by atoms with E-state index in [1.165, 1.54) is 11.8 Å². The van der Waals surface area contributed by atoms with Crippen LogP contribution in [-0.4, -0.2) is 71.8 Å². The minimum atomic E-state index is -0.790. The highest BCUT2D eigenvalue weighted by atomic mass is 32.2. The number of hydrogen-bond acceptors (Lipinski definition) is 6. The number of fused-ring (bicyclic) bond motifs is 3. The van der Waals surface area contributed by atoms with Gasteiger partial charge in [-0.05, 0) is 43.4 Å². The molecule has 0 saturated carbocycles. The highest BCUT2D eigenvalue weighted by Crippen LogP contribution is 2.30. The van der Waals surface area contributed by atoms with E-state index in [1.807, 2.05) is 66.1 Å². The zero-order chi connectivity index (χ0) is 33.8. The van der Waals surface area contributed by atoms with E-state index in [1.54, 1.807) is 0 Å². The first kappa shape index (κ1) is 33.3. The molecular weight excluding hydrogens is 625 g/mol. The Kier molecular flexibility index (Phi) is 10.2. The Balaban J connectivity index is 1.25. The summed E-state index contributed by atoms with van der Waals surface area (Å²) in [5, 5.41) is 13.1. The van der Waals surface area contributed by atoms with Crippen molar-refractivity contribution in [1.82, 2.24) is 39.8 Å². The molecule has 0 fully saturated rings. The lowest BCUT2D eigenvalue weighted by Gasteiger charge is -2.27. The van der Waals surface area contributed by atoms with Crippen LogP contribution in [0.1, 0.15) is 56.4 Å². The fraction of sp³-hybridized carbons (Fsp3) is 0.417. The van der Waals surface area contributed by atoms with Gasteiger partial charge in [0.15, 0.2) is 0 Å². The van der Waals surface area contributed by atoms with E-state index in [4.69, 9.17) is 4.98 Å². The number of H-pyrrole nitrogens is 1. The predicted molar refractivity (Wildman–Crippen MR) is 188 cm³/mol. The molecule has 0 aliphatic carbocycles. The fourth-order valence-corrected chi connectivity index (χ4v) is 7.54. The van der Waals surface area contributed by atoms with Crippen molar-refractivity contribution >= 4 is 51.3 Å². The SMILES string of the molecule is Cc1nc2n(n1)CCN(C(=O)CSc1cn(C)c3ccccc13)CCCC(=O)N[C@H](Cc1c[nH]c3ccccc13)C(=O)N[C@H]2CC(C)C. The van der Waals surface area contributed by atoms with E-state index in [2.05, 4.69) is 57.5 Å². The first-order valence-electron chi connectivity index (χ1n) is 16.7. The molecule has 2 aromatic carbocycles. The summed E-state index contributed by atoms with van der Waals surface area (Å²) < 4.78 is 3.91. The Morgan fingerprint density at radius 1 is 1.00 bits per heavy atom. The molecule has 3 aromatic heterocycles. The third kappa shape index (κ3) is 7.59. The van der Waals surface area contributed by atoms with Gasteiger partial charge in [0, 0.05) is 72.1 Å². The maximum absolute atomic E-state index is 14.0. The normalized spacial score (nSPS) is 18.1. The Bertz CT molecular complexity index is 1920. The highest BCUT2D eigenvalue weighted by molar-refractivity contribution is 8.00. The molecule has 6 rings (SSSR count). The average Bonchev–Trinajstić information content (AvgIpc) is 3.75. The molecule has 48 heavy (non-hydrogen) atoms. The molecule has 4 heterocycles. The molecule has 12 heteroatoms. The van der Waals surface area contributed by atoms with E-state index in [0.717, 1.165) is 32.3 Å². The maximum atomic E-state index is 14.0. The summed E-state index contributed by atoms with van der Waals surface area (Å²) in [6, 6.07) is 14.9. The highest BCUT2D eigenvalue weighted by Gasteiger charge is 2.29. The lowest BCUT2D eigenvalue weighted by atomic mass is 10.0. The number of rotatable bonds is 7. The van der Waals surface area contributed by atoms with Crippen LogP contribution in [-0.2, 0) is 34.4 Å². The molecule has 0 bridgehead atoms. The summed E-state index contributed by atoms with van der Waals surface area (Å²) in [7, 11) is 2.01. The number of nitrogens with one attached hydrogen (secondary N) is 3. The molecule has 3 amide bonds. The van der Waals surface area contributed by atoms with Gasteiger partial charge in [0.25, 0.3) is 0 Å². The maximum Gasteiger partial charge on any atom is 0.243 e. The number of carbonyl (C=O) groups excluding carboxylic acids is 3. The predicted octanol–water partition coefficient (Wildman–Crippen LogP) is 4.91. The Morgan fingerprint density at radius 2 is 1.77 bits per heavy atom. The fourth-order valence-electron chi connectivity index (χ4n) is 6.52. The summed E-state index contributed by atoms with van der Waals surface area (Å²) in [5.41, 5.74) is 3.05. The minimum absolute atomic E-state index is 0.00284. The summed E-state index contributed by atoms with van der Waals surface area (Å²) in [5.74, 6) is 1.32. The van der Waals surface area contributed by atoms with E-state index < -0.39 is 12.1 Å². The van der Waals surface area contributed by atoms with Gasteiger partial charge in [0.05, 0.1) is 18.3 Å². The number of amides is 3. The molecule has 0 spiro atoms. The standard InChI is InChI=1S/C36H44N8O3S/c1-23(2)18-29-35-38-24(3)41-44(35)17-16-43(34(46)22-48-32-21-42(4)31-13-8-6-11-27(31)32)15-9-14-33(45)39-30(36(47)40-29)19-25-20-37-28-12-7-5-10-26(25)28/h5-8,10-13,20-21,23,29-30,37H,9,14-19,22H2,1-4H3,(H,39,45)(H,40,47)/t29-,30+/m0/s1. The van der Waals surface area contributed by atoms with Gasteiger partial charge in [-0.15, -0.1) is 11.8 Å². The number of aromatic nitrogens is 5. The van der Waals surface area contributed by atoms with E-state index in [0.29, 0.717) is 50.5 Å². The van der Waals surface area contributed by atoms with Gasteiger partial charge in [-0.25, -0.2) is 9.67 Å². The van der Waals surface area contributed by atoms with Gasteiger partial charge in [-0.2, -0.15) is 5.10 Å². The summed E-state index contributed by atoms with van der Waals surface area (Å²) in [6.07, 6.45) is 5.61. The van der Waals surface area contributed by atoms with E-state index in [-0.39, 0.29) is 35.8 Å². The third-order valence-electron chi connectivity index (χ3n) is 8.87. The minimum Gasteiger partial charge on any atom is -0.361 e. The van der Waals surface area contributed by atoms with Gasteiger partial charge in [0.1, 0.15) is 17.7 Å². The lowest BCUT2D eigenvalue weighted by molar-refractivity contribution is -0.130. The van der Waals surface area contributed by atoms with Gasteiger partial charge < -0.3 is 25.1 Å². The van der Waals surface area contributed by atoms with Gasteiger partial charge >= 0.3 is 0 Å². The molecule has 11 nitrogen and oxygen atoms in total. The lowest BCUT2D eigenvalue weighted by Crippen LogP contribution is -2.49. The number of aryl methyl sites for hydroxylation is 2. The van der Waals surface area contributed by atoms with Crippen LogP contribution in [0.25, 0.3) is 21.8 Å². The van der Waals surface area contributed by atoms with Crippen molar-refractivity contribution in [3.05, 3.63) is 78.1 Å².